The number of ether oxygens (including phenoxy) is 1. The van der Waals surface area contributed by atoms with Crippen LogP contribution < -0.4 is 10.0 Å². The van der Waals surface area contributed by atoms with Gasteiger partial charge in [-0.05, 0) is 43.4 Å². The number of sulfonamides is 1. The molecular formula is C17H26N2O5S. The minimum Gasteiger partial charge on any atom is -0.478 e. The summed E-state index contributed by atoms with van der Waals surface area (Å²) < 4.78 is 32.7. The number of carboxylic acid groups (broad SMARTS) is 1. The molecule has 1 atom stereocenters. The maximum absolute atomic E-state index is 12.3. The Bertz CT molecular complexity index is 697. The smallest absolute Gasteiger partial charge is 0.337 e. The van der Waals surface area contributed by atoms with E-state index in [0.717, 1.165) is 19.4 Å². The van der Waals surface area contributed by atoms with Crippen LogP contribution in [-0.2, 0) is 14.8 Å². The van der Waals surface area contributed by atoms with E-state index in [1.165, 1.54) is 18.2 Å². The fraction of sp³-hybridized carbons (Fsp3) is 0.588. The zero-order chi connectivity index (χ0) is 18.4. The molecule has 0 saturated carbocycles. The molecule has 1 aliphatic rings. The summed E-state index contributed by atoms with van der Waals surface area (Å²) in [7, 11) is -3.73. The number of hydrogen-bond acceptors (Lipinski definition) is 5. The van der Waals surface area contributed by atoms with Crippen LogP contribution in [0.5, 0.6) is 0 Å². The summed E-state index contributed by atoms with van der Waals surface area (Å²) in [5.41, 5.74) is 0.328. The van der Waals surface area contributed by atoms with E-state index in [0.29, 0.717) is 31.1 Å². The lowest BCUT2D eigenvalue weighted by atomic mass is 10.1. The largest absolute Gasteiger partial charge is 0.478 e. The van der Waals surface area contributed by atoms with E-state index in [1.54, 1.807) is 0 Å². The lowest BCUT2D eigenvalue weighted by Gasteiger charge is -2.15. The molecule has 0 aromatic heterocycles. The average Bonchev–Trinajstić information content (AvgIpc) is 3.05. The van der Waals surface area contributed by atoms with E-state index in [1.807, 2.05) is 13.8 Å². The van der Waals surface area contributed by atoms with Crippen LogP contribution in [-0.4, -0.2) is 45.3 Å². The van der Waals surface area contributed by atoms with Gasteiger partial charge >= 0.3 is 5.97 Å². The van der Waals surface area contributed by atoms with Crippen LogP contribution in [0.2, 0.25) is 0 Å². The van der Waals surface area contributed by atoms with E-state index in [-0.39, 0.29) is 16.6 Å². The number of benzene rings is 1. The van der Waals surface area contributed by atoms with Gasteiger partial charge in [-0.2, -0.15) is 0 Å². The molecule has 2 rings (SSSR count). The highest BCUT2D eigenvalue weighted by molar-refractivity contribution is 7.89. The second-order valence-electron chi connectivity index (χ2n) is 6.61. The van der Waals surface area contributed by atoms with Crippen LogP contribution >= 0.6 is 0 Å². The molecule has 3 N–H and O–H groups in total. The maximum atomic E-state index is 12.3. The minimum atomic E-state index is -3.73. The molecule has 0 radical (unpaired) electrons. The molecular weight excluding hydrogens is 344 g/mol. The van der Waals surface area contributed by atoms with Gasteiger partial charge in [-0.3, -0.25) is 0 Å². The van der Waals surface area contributed by atoms with Crippen molar-refractivity contribution in [3.63, 3.8) is 0 Å². The van der Waals surface area contributed by atoms with Gasteiger partial charge in [0.25, 0.3) is 0 Å². The van der Waals surface area contributed by atoms with E-state index in [2.05, 4.69) is 10.0 Å². The Morgan fingerprint density at radius 3 is 2.76 bits per heavy atom. The standard InChI is InChI=1S/C17H26N2O5S/c1-12(2)7-8-19-25(22,23)14-5-6-16(15(10-14)17(20)21)18-11-13-4-3-9-24-13/h5-6,10,12-13,18-19H,3-4,7-9,11H2,1-2H3,(H,20,21)/t13-/m1/s1. The predicted molar refractivity (Wildman–Crippen MR) is 95.5 cm³/mol. The van der Waals surface area contributed by atoms with E-state index in [9.17, 15) is 18.3 Å². The van der Waals surface area contributed by atoms with Crippen molar-refractivity contribution in [1.82, 2.24) is 4.72 Å². The summed E-state index contributed by atoms with van der Waals surface area (Å²) in [4.78, 5) is 11.5. The quantitative estimate of drug-likeness (QED) is 0.616. The first-order valence-electron chi connectivity index (χ1n) is 8.52. The summed E-state index contributed by atoms with van der Waals surface area (Å²) in [6, 6.07) is 4.11. The van der Waals surface area contributed by atoms with Crippen LogP contribution in [0.1, 0.15) is 43.5 Å². The first-order chi connectivity index (χ1) is 11.8. The van der Waals surface area contributed by atoms with E-state index >= 15 is 0 Å². The van der Waals surface area contributed by atoms with Crippen molar-refractivity contribution >= 4 is 21.7 Å². The number of aromatic carboxylic acids is 1. The lowest BCUT2D eigenvalue weighted by molar-refractivity contribution is 0.0697. The molecule has 0 bridgehead atoms. The third-order valence-electron chi connectivity index (χ3n) is 4.09. The molecule has 1 aliphatic heterocycles. The normalized spacial score (nSPS) is 17.8. The second kappa shape index (κ2) is 8.64. The first kappa shape index (κ1) is 19.7. The number of carbonyl (C=O) groups is 1. The molecule has 0 amide bonds. The van der Waals surface area contributed by atoms with Gasteiger partial charge in [0.05, 0.1) is 16.6 Å². The molecule has 0 unspecified atom stereocenters. The third kappa shape index (κ3) is 5.69. The van der Waals surface area contributed by atoms with Crippen LogP contribution in [0.15, 0.2) is 23.1 Å². The van der Waals surface area contributed by atoms with Crippen molar-refractivity contribution in [2.45, 2.75) is 44.1 Å². The highest BCUT2D eigenvalue weighted by Gasteiger charge is 2.20. The van der Waals surface area contributed by atoms with Crippen molar-refractivity contribution in [3.8, 4) is 0 Å². The minimum absolute atomic E-state index is 0.0451. The van der Waals surface area contributed by atoms with Gasteiger partial charge in [-0.1, -0.05) is 13.8 Å². The average molecular weight is 370 g/mol. The molecule has 8 heteroatoms. The van der Waals surface area contributed by atoms with Gasteiger partial charge in [0.15, 0.2) is 0 Å². The molecule has 1 aromatic rings. The molecule has 1 aromatic carbocycles. The Hall–Kier alpha value is -1.64. The summed E-state index contributed by atoms with van der Waals surface area (Å²) in [6.45, 7) is 5.55. The Labute approximate surface area is 148 Å². The maximum Gasteiger partial charge on any atom is 0.337 e. The third-order valence-corrected chi connectivity index (χ3v) is 5.55. The topological polar surface area (TPSA) is 105 Å². The van der Waals surface area contributed by atoms with Gasteiger partial charge in [0, 0.05) is 25.4 Å². The highest BCUT2D eigenvalue weighted by Crippen LogP contribution is 2.22. The highest BCUT2D eigenvalue weighted by atomic mass is 32.2. The molecule has 1 saturated heterocycles. The Morgan fingerprint density at radius 2 is 2.16 bits per heavy atom. The fourth-order valence-corrected chi connectivity index (χ4v) is 3.69. The van der Waals surface area contributed by atoms with Gasteiger partial charge in [-0.15, -0.1) is 0 Å². The zero-order valence-electron chi connectivity index (χ0n) is 14.6. The van der Waals surface area contributed by atoms with Crippen molar-refractivity contribution in [2.24, 2.45) is 5.92 Å². The Morgan fingerprint density at radius 1 is 1.40 bits per heavy atom. The van der Waals surface area contributed by atoms with Crippen molar-refractivity contribution in [2.75, 3.05) is 25.0 Å². The molecule has 0 spiro atoms. The SMILES string of the molecule is CC(C)CCNS(=O)(=O)c1ccc(NC[C@H]2CCCO2)c(C(=O)O)c1. The van der Waals surface area contributed by atoms with Crippen LogP contribution in [0.3, 0.4) is 0 Å². The number of hydrogen-bond donors (Lipinski definition) is 3. The number of anilines is 1. The second-order valence-corrected chi connectivity index (χ2v) is 8.38. The van der Waals surface area contributed by atoms with Gasteiger partial charge in [-0.25, -0.2) is 17.9 Å². The predicted octanol–water partition coefficient (Wildman–Crippen LogP) is 2.30. The molecule has 1 heterocycles. The molecule has 0 aliphatic carbocycles. The van der Waals surface area contributed by atoms with Gasteiger partial charge in [0.2, 0.25) is 10.0 Å². The van der Waals surface area contributed by atoms with Crippen LogP contribution in [0.4, 0.5) is 5.69 Å². The fourth-order valence-electron chi connectivity index (χ4n) is 2.62. The summed E-state index contributed by atoms with van der Waals surface area (Å²) in [5, 5.41) is 12.5. The Kier molecular flexibility index (Phi) is 6.80. The Balaban J connectivity index is 2.12. The van der Waals surface area contributed by atoms with Crippen LogP contribution in [0.25, 0.3) is 0 Å². The van der Waals surface area contributed by atoms with E-state index in [4.69, 9.17) is 4.74 Å². The van der Waals surface area contributed by atoms with Gasteiger partial charge < -0.3 is 15.2 Å². The summed E-state index contributed by atoms with van der Waals surface area (Å²) in [6.07, 6.45) is 2.70. The molecule has 25 heavy (non-hydrogen) atoms. The first-order valence-corrected chi connectivity index (χ1v) is 10.0. The summed E-state index contributed by atoms with van der Waals surface area (Å²) >= 11 is 0. The number of carboxylic acids is 1. The monoisotopic (exact) mass is 370 g/mol. The van der Waals surface area contributed by atoms with Gasteiger partial charge in [0.1, 0.15) is 0 Å². The van der Waals surface area contributed by atoms with Crippen molar-refractivity contribution < 1.29 is 23.1 Å². The van der Waals surface area contributed by atoms with Crippen molar-refractivity contribution in [3.05, 3.63) is 23.8 Å². The lowest BCUT2D eigenvalue weighted by Crippen LogP contribution is -2.26. The zero-order valence-corrected chi connectivity index (χ0v) is 15.4. The van der Waals surface area contributed by atoms with Crippen molar-refractivity contribution in [1.29, 1.82) is 0 Å². The summed E-state index contributed by atoms with van der Waals surface area (Å²) in [5.74, 6) is -0.796. The molecule has 140 valence electrons. The number of rotatable bonds is 9. The number of nitrogens with one attached hydrogen (secondary N) is 2. The molecule has 1 fully saturated rings. The van der Waals surface area contributed by atoms with Crippen LogP contribution in [0, 0.1) is 5.92 Å². The van der Waals surface area contributed by atoms with E-state index < -0.39 is 16.0 Å². The molecule has 7 nitrogen and oxygen atoms in total.